The van der Waals surface area contributed by atoms with E-state index in [-0.39, 0.29) is 0 Å². The van der Waals surface area contributed by atoms with Crippen molar-refractivity contribution in [1.29, 1.82) is 0 Å². The molecule has 1 heterocycles. The number of hydrogen-bond donors (Lipinski definition) is 1. The number of sulfonamides is 1. The molecule has 1 N–H and O–H groups in total. The molecule has 0 radical (unpaired) electrons. The average Bonchev–Trinajstić information content (AvgIpc) is 2.39. The lowest BCUT2D eigenvalue weighted by Crippen LogP contribution is -2.36. The van der Waals surface area contributed by atoms with E-state index in [9.17, 15) is 17.6 Å². The molecule has 0 aliphatic carbocycles. The van der Waals surface area contributed by atoms with E-state index in [0.29, 0.717) is 13.1 Å². The lowest BCUT2D eigenvalue weighted by atomic mass is 10.2. The third-order valence-electron chi connectivity index (χ3n) is 3.13. The van der Waals surface area contributed by atoms with Gasteiger partial charge in [-0.05, 0) is 25.0 Å². The minimum atomic E-state index is -3.95. The molecule has 104 valence electrons. The van der Waals surface area contributed by atoms with E-state index in [4.69, 9.17) is 5.11 Å². The first kappa shape index (κ1) is 14.0. The molecule has 0 bridgehead atoms. The number of nitrogens with zero attached hydrogens (tertiary/aromatic N) is 1. The van der Waals surface area contributed by atoms with Gasteiger partial charge in [-0.1, -0.05) is 12.5 Å². The summed E-state index contributed by atoms with van der Waals surface area (Å²) >= 11 is 0. The van der Waals surface area contributed by atoms with E-state index in [1.54, 1.807) is 0 Å². The van der Waals surface area contributed by atoms with Crippen molar-refractivity contribution in [1.82, 2.24) is 4.31 Å². The van der Waals surface area contributed by atoms with Gasteiger partial charge in [-0.25, -0.2) is 17.6 Å². The minimum Gasteiger partial charge on any atom is -0.478 e. The maximum Gasteiger partial charge on any atom is 0.338 e. The van der Waals surface area contributed by atoms with Crippen LogP contribution >= 0.6 is 0 Å². The van der Waals surface area contributed by atoms with E-state index in [1.165, 1.54) is 10.4 Å². The standard InChI is InChI=1S/C12H14FNO4S/c13-11-9(12(15)16)5-4-6-10(11)19(17,18)14-7-2-1-3-8-14/h4-6H,1-3,7-8H2,(H,15,16). The largest absolute Gasteiger partial charge is 0.478 e. The van der Waals surface area contributed by atoms with Crippen LogP contribution in [-0.2, 0) is 10.0 Å². The summed E-state index contributed by atoms with van der Waals surface area (Å²) in [5.74, 6) is -2.67. The van der Waals surface area contributed by atoms with E-state index in [0.717, 1.165) is 31.4 Å². The number of carboxylic acid groups (broad SMARTS) is 1. The Morgan fingerprint density at radius 3 is 2.42 bits per heavy atom. The lowest BCUT2D eigenvalue weighted by Gasteiger charge is -2.26. The predicted octanol–water partition coefficient (Wildman–Crippen LogP) is 1.70. The van der Waals surface area contributed by atoms with Crippen LogP contribution in [0.15, 0.2) is 23.1 Å². The van der Waals surface area contributed by atoms with E-state index in [1.807, 2.05) is 0 Å². The molecule has 19 heavy (non-hydrogen) atoms. The van der Waals surface area contributed by atoms with Crippen molar-refractivity contribution >= 4 is 16.0 Å². The first-order valence-corrected chi connectivity index (χ1v) is 7.40. The first-order chi connectivity index (χ1) is 8.94. The number of hydrogen-bond acceptors (Lipinski definition) is 3. The quantitative estimate of drug-likeness (QED) is 0.918. The topological polar surface area (TPSA) is 74.7 Å². The first-order valence-electron chi connectivity index (χ1n) is 5.96. The van der Waals surface area contributed by atoms with Crippen LogP contribution in [0.2, 0.25) is 0 Å². The van der Waals surface area contributed by atoms with Crippen LogP contribution in [0.3, 0.4) is 0 Å². The van der Waals surface area contributed by atoms with Crippen molar-refractivity contribution < 1.29 is 22.7 Å². The second-order valence-electron chi connectivity index (χ2n) is 4.39. The van der Waals surface area contributed by atoms with Crippen molar-refractivity contribution in [3.8, 4) is 0 Å². The molecule has 1 aromatic carbocycles. The molecular weight excluding hydrogens is 273 g/mol. The maximum atomic E-state index is 14.0. The predicted molar refractivity (Wildman–Crippen MR) is 66.0 cm³/mol. The molecule has 0 atom stereocenters. The fraction of sp³-hybridized carbons (Fsp3) is 0.417. The molecule has 1 saturated heterocycles. The molecule has 1 fully saturated rings. The van der Waals surface area contributed by atoms with E-state index >= 15 is 0 Å². The normalized spacial score (nSPS) is 17.3. The molecule has 0 unspecified atom stereocenters. The van der Waals surface area contributed by atoms with Gasteiger partial charge in [-0.15, -0.1) is 0 Å². The Balaban J connectivity index is 2.46. The SMILES string of the molecule is O=C(O)c1cccc(S(=O)(=O)N2CCCCC2)c1F. The van der Waals surface area contributed by atoms with Gasteiger partial charge in [-0.2, -0.15) is 4.31 Å². The summed E-state index contributed by atoms with van der Waals surface area (Å²) in [6.45, 7) is 0.693. The van der Waals surface area contributed by atoms with Crippen LogP contribution in [0, 0.1) is 5.82 Å². The summed E-state index contributed by atoms with van der Waals surface area (Å²) < 4.78 is 39.7. The summed E-state index contributed by atoms with van der Waals surface area (Å²) in [7, 11) is -3.95. The fourth-order valence-corrected chi connectivity index (χ4v) is 3.72. The Labute approximate surface area is 110 Å². The molecule has 2 rings (SSSR count). The zero-order chi connectivity index (χ0) is 14.0. The Morgan fingerprint density at radius 2 is 1.84 bits per heavy atom. The molecule has 0 spiro atoms. The summed E-state index contributed by atoms with van der Waals surface area (Å²) in [4.78, 5) is 10.3. The van der Waals surface area contributed by atoms with Gasteiger partial charge in [0.15, 0.2) is 5.82 Å². The number of halogens is 1. The number of carboxylic acids is 1. The number of aromatic carboxylic acids is 1. The van der Waals surface area contributed by atoms with Gasteiger partial charge in [0.05, 0.1) is 5.56 Å². The molecular formula is C12H14FNO4S. The van der Waals surface area contributed by atoms with Gasteiger partial charge in [0.25, 0.3) is 0 Å². The van der Waals surface area contributed by atoms with Crippen LogP contribution in [0.25, 0.3) is 0 Å². The van der Waals surface area contributed by atoms with Gasteiger partial charge < -0.3 is 5.11 Å². The Morgan fingerprint density at radius 1 is 1.21 bits per heavy atom. The number of piperidine rings is 1. The molecule has 1 aromatic rings. The number of carbonyl (C=O) groups is 1. The monoisotopic (exact) mass is 287 g/mol. The number of rotatable bonds is 3. The second kappa shape index (κ2) is 5.26. The molecule has 1 aliphatic heterocycles. The maximum absolute atomic E-state index is 14.0. The fourth-order valence-electron chi connectivity index (χ4n) is 2.12. The second-order valence-corrected chi connectivity index (χ2v) is 6.29. The molecule has 7 heteroatoms. The van der Waals surface area contributed by atoms with Crippen molar-refractivity contribution in [2.24, 2.45) is 0 Å². The summed E-state index contributed by atoms with van der Waals surface area (Å²) in [6, 6.07) is 3.39. The van der Waals surface area contributed by atoms with Crippen LogP contribution in [0.1, 0.15) is 29.6 Å². The van der Waals surface area contributed by atoms with Gasteiger partial charge >= 0.3 is 5.97 Å². The zero-order valence-corrected chi connectivity index (χ0v) is 11.0. The highest BCUT2D eigenvalue weighted by Crippen LogP contribution is 2.24. The summed E-state index contributed by atoms with van der Waals surface area (Å²) in [6.07, 6.45) is 2.42. The van der Waals surface area contributed by atoms with E-state index in [2.05, 4.69) is 0 Å². The minimum absolute atomic E-state index is 0.346. The van der Waals surface area contributed by atoms with Gasteiger partial charge in [-0.3, -0.25) is 0 Å². The van der Waals surface area contributed by atoms with Crippen molar-refractivity contribution in [2.75, 3.05) is 13.1 Å². The molecule has 1 aliphatic rings. The summed E-state index contributed by atoms with van der Waals surface area (Å²) in [5, 5.41) is 8.82. The van der Waals surface area contributed by atoms with E-state index < -0.39 is 32.3 Å². The summed E-state index contributed by atoms with van der Waals surface area (Å²) in [5.41, 5.74) is -0.627. The molecule has 5 nitrogen and oxygen atoms in total. The highest BCUT2D eigenvalue weighted by Gasteiger charge is 2.30. The lowest BCUT2D eigenvalue weighted by molar-refractivity contribution is 0.0691. The van der Waals surface area contributed by atoms with Gasteiger partial charge in [0.1, 0.15) is 4.90 Å². The molecule has 0 amide bonds. The smallest absolute Gasteiger partial charge is 0.338 e. The van der Waals surface area contributed by atoms with Crippen molar-refractivity contribution in [3.05, 3.63) is 29.6 Å². The Kier molecular flexibility index (Phi) is 3.86. The Bertz CT molecular complexity index is 594. The Hall–Kier alpha value is -1.47. The third kappa shape index (κ3) is 2.62. The van der Waals surface area contributed by atoms with Crippen LogP contribution < -0.4 is 0 Å². The molecule has 0 aromatic heterocycles. The van der Waals surface area contributed by atoms with Gasteiger partial charge in [0.2, 0.25) is 10.0 Å². The highest BCUT2D eigenvalue weighted by atomic mass is 32.2. The number of benzene rings is 1. The van der Waals surface area contributed by atoms with Crippen LogP contribution in [0.4, 0.5) is 4.39 Å². The highest BCUT2D eigenvalue weighted by molar-refractivity contribution is 7.89. The zero-order valence-electron chi connectivity index (χ0n) is 10.2. The van der Waals surface area contributed by atoms with Crippen molar-refractivity contribution in [3.63, 3.8) is 0 Å². The molecule has 0 saturated carbocycles. The third-order valence-corrected chi connectivity index (χ3v) is 5.04. The van der Waals surface area contributed by atoms with Crippen molar-refractivity contribution in [2.45, 2.75) is 24.2 Å². The van der Waals surface area contributed by atoms with Crippen LogP contribution in [-0.4, -0.2) is 36.9 Å². The van der Waals surface area contributed by atoms with Crippen LogP contribution in [0.5, 0.6) is 0 Å². The van der Waals surface area contributed by atoms with Gasteiger partial charge in [0, 0.05) is 13.1 Å². The average molecular weight is 287 g/mol.